The lowest BCUT2D eigenvalue weighted by Crippen LogP contribution is -2.25. The number of nitrogens with zero attached hydrogens (tertiary/aromatic N) is 1. The molecule has 1 fully saturated rings. The van der Waals surface area contributed by atoms with Gasteiger partial charge in [-0.2, -0.15) is 0 Å². The van der Waals surface area contributed by atoms with E-state index >= 15 is 0 Å². The van der Waals surface area contributed by atoms with Crippen molar-refractivity contribution in [2.75, 3.05) is 25.1 Å². The maximum Gasteiger partial charge on any atom is 0.339 e. The van der Waals surface area contributed by atoms with Crippen LogP contribution in [0.1, 0.15) is 16.8 Å². The molecule has 1 aliphatic heterocycles. The average molecular weight is 327 g/mol. The monoisotopic (exact) mass is 326 g/mol. The first-order chi connectivity index (χ1) is 9.06. The van der Waals surface area contributed by atoms with E-state index in [1.165, 1.54) is 7.11 Å². The molecule has 1 atom stereocenters. The molecule has 0 aromatic heterocycles. The Labute approximate surface area is 119 Å². The van der Waals surface area contributed by atoms with Crippen molar-refractivity contribution in [2.45, 2.75) is 6.42 Å². The van der Waals surface area contributed by atoms with Crippen LogP contribution in [0.2, 0.25) is 0 Å². The van der Waals surface area contributed by atoms with Gasteiger partial charge < -0.3 is 15.4 Å². The Morgan fingerprint density at radius 1 is 1.58 bits per heavy atom. The summed E-state index contributed by atoms with van der Waals surface area (Å²) in [5.41, 5.74) is 6.80. The Bertz CT molecular complexity index is 519. The topological polar surface area (TPSA) is 72.6 Å². The SMILES string of the molecule is COC(=O)c1ccc(N2CC(CN)CC2=O)cc1Br. The molecule has 1 amide bonds. The summed E-state index contributed by atoms with van der Waals surface area (Å²) in [6.45, 7) is 1.13. The molecule has 2 rings (SSSR count). The maximum atomic E-state index is 11.9. The van der Waals surface area contributed by atoms with E-state index in [-0.39, 0.29) is 11.8 Å². The highest BCUT2D eigenvalue weighted by Gasteiger charge is 2.30. The van der Waals surface area contributed by atoms with E-state index in [1.807, 2.05) is 0 Å². The number of carbonyl (C=O) groups is 2. The van der Waals surface area contributed by atoms with Crippen LogP contribution in [-0.2, 0) is 9.53 Å². The van der Waals surface area contributed by atoms with Crippen LogP contribution in [0.15, 0.2) is 22.7 Å². The lowest BCUT2D eigenvalue weighted by Gasteiger charge is -2.17. The number of amides is 1. The van der Waals surface area contributed by atoms with Gasteiger partial charge in [-0.3, -0.25) is 4.79 Å². The molecular weight excluding hydrogens is 312 g/mol. The number of methoxy groups -OCH3 is 1. The van der Waals surface area contributed by atoms with Gasteiger partial charge in [0, 0.05) is 23.1 Å². The highest BCUT2D eigenvalue weighted by Crippen LogP contribution is 2.29. The predicted octanol–water partition coefficient (Wildman–Crippen LogP) is 1.55. The van der Waals surface area contributed by atoms with Crippen LogP contribution in [0.3, 0.4) is 0 Å². The largest absolute Gasteiger partial charge is 0.465 e. The Morgan fingerprint density at radius 2 is 2.32 bits per heavy atom. The number of esters is 1. The molecule has 1 heterocycles. The van der Waals surface area contributed by atoms with E-state index in [2.05, 4.69) is 20.7 Å². The van der Waals surface area contributed by atoms with Gasteiger partial charge >= 0.3 is 5.97 Å². The first kappa shape index (κ1) is 14.0. The van der Waals surface area contributed by atoms with Crippen LogP contribution in [0.4, 0.5) is 5.69 Å². The molecule has 1 aliphatic rings. The van der Waals surface area contributed by atoms with Crippen LogP contribution >= 0.6 is 15.9 Å². The van der Waals surface area contributed by atoms with Crippen LogP contribution in [-0.4, -0.2) is 32.1 Å². The van der Waals surface area contributed by atoms with Gasteiger partial charge in [-0.25, -0.2) is 4.79 Å². The molecular formula is C13H15BrN2O3. The van der Waals surface area contributed by atoms with E-state index in [1.54, 1.807) is 23.1 Å². The molecule has 0 bridgehead atoms. The third kappa shape index (κ3) is 2.79. The fraction of sp³-hybridized carbons (Fsp3) is 0.385. The summed E-state index contributed by atoms with van der Waals surface area (Å²) < 4.78 is 5.28. The van der Waals surface area contributed by atoms with Gasteiger partial charge in [0.2, 0.25) is 5.91 Å². The number of halogens is 1. The summed E-state index contributed by atoms with van der Waals surface area (Å²) in [6, 6.07) is 5.14. The minimum Gasteiger partial charge on any atom is -0.465 e. The molecule has 0 saturated carbocycles. The standard InChI is InChI=1S/C13H15BrN2O3/c1-19-13(18)10-3-2-9(5-11(10)14)16-7-8(6-15)4-12(16)17/h2-3,5,8H,4,6-7,15H2,1H3. The van der Waals surface area contributed by atoms with Crippen molar-refractivity contribution in [3.8, 4) is 0 Å². The summed E-state index contributed by atoms with van der Waals surface area (Å²) in [4.78, 5) is 25.1. The molecule has 0 radical (unpaired) electrons. The molecule has 1 aromatic rings. The molecule has 6 heteroatoms. The third-order valence-corrected chi connectivity index (χ3v) is 3.86. The quantitative estimate of drug-likeness (QED) is 0.855. The second-order valence-corrected chi connectivity index (χ2v) is 5.32. The number of rotatable bonds is 3. The van der Waals surface area contributed by atoms with Gasteiger partial charge in [-0.15, -0.1) is 0 Å². The van der Waals surface area contributed by atoms with Crippen molar-refractivity contribution < 1.29 is 14.3 Å². The third-order valence-electron chi connectivity index (χ3n) is 3.21. The number of hydrogen-bond acceptors (Lipinski definition) is 4. The smallest absolute Gasteiger partial charge is 0.339 e. The zero-order valence-corrected chi connectivity index (χ0v) is 12.1. The van der Waals surface area contributed by atoms with Gasteiger partial charge in [0.15, 0.2) is 0 Å². The van der Waals surface area contributed by atoms with Crippen LogP contribution in [0, 0.1) is 5.92 Å². The summed E-state index contributed by atoms with van der Waals surface area (Å²) >= 11 is 3.32. The summed E-state index contributed by atoms with van der Waals surface area (Å²) in [5, 5.41) is 0. The Morgan fingerprint density at radius 3 is 2.84 bits per heavy atom. The number of ether oxygens (including phenoxy) is 1. The van der Waals surface area contributed by atoms with E-state index in [0.717, 1.165) is 5.69 Å². The lowest BCUT2D eigenvalue weighted by atomic mass is 10.1. The minimum absolute atomic E-state index is 0.0631. The first-order valence-electron chi connectivity index (χ1n) is 5.95. The molecule has 0 spiro atoms. The average Bonchev–Trinajstić information content (AvgIpc) is 2.79. The highest BCUT2D eigenvalue weighted by molar-refractivity contribution is 9.10. The van der Waals surface area contributed by atoms with Crippen molar-refractivity contribution in [3.63, 3.8) is 0 Å². The van der Waals surface area contributed by atoms with E-state index in [4.69, 9.17) is 5.73 Å². The van der Waals surface area contributed by atoms with Gasteiger partial charge in [-0.1, -0.05) is 0 Å². The summed E-state index contributed by atoms with van der Waals surface area (Å²) in [5.74, 6) is -0.147. The summed E-state index contributed by atoms with van der Waals surface area (Å²) in [7, 11) is 1.33. The normalized spacial score (nSPS) is 18.8. The number of nitrogens with two attached hydrogens (primary N) is 1. The van der Waals surface area contributed by atoms with Gasteiger partial charge in [0.1, 0.15) is 0 Å². The molecule has 0 aliphatic carbocycles. The van der Waals surface area contributed by atoms with E-state index in [9.17, 15) is 9.59 Å². The fourth-order valence-corrected chi connectivity index (χ4v) is 2.66. The minimum atomic E-state index is -0.411. The number of benzene rings is 1. The van der Waals surface area contributed by atoms with Crippen LogP contribution in [0.25, 0.3) is 0 Å². The van der Waals surface area contributed by atoms with Gasteiger partial charge in [0.25, 0.3) is 0 Å². The highest BCUT2D eigenvalue weighted by atomic mass is 79.9. The van der Waals surface area contributed by atoms with Crippen molar-refractivity contribution in [2.24, 2.45) is 11.7 Å². The number of carbonyl (C=O) groups excluding carboxylic acids is 2. The molecule has 102 valence electrons. The Kier molecular flexibility index (Phi) is 4.21. The zero-order chi connectivity index (χ0) is 14.0. The van der Waals surface area contributed by atoms with Crippen molar-refractivity contribution in [1.29, 1.82) is 0 Å². The second-order valence-electron chi connectivity index (χ2n) is 4.47. The van der Waals surface area contributed by atoms with E-state index in [0.29, 0.717) is 29.5 Å². The van der Waals surface area contributed by atoms with E-state index < -0.39 is 5.97 Å². The summed E-state index contributed by atoms with van der Waals surface area (Å²) in [6.07, 6.45) is 0.479. The maximum absolute atomic E-state index is 11.9. The fourth-order valence-electron chi connectivity index (χ4n) is 2.14. The lowest BCUT2D eigenvalue weighted by molar-refractivity contribution is -0.117. The first-order valence-corrected chi connectivity index (χ1v) is 6.74. The van der Waals surface area contributed by atoms with Crippen molar-refractivity contribution in [3.05, 3.63) is 28.2 Å². The van der Waals surface area contributed by atoms with Crippen molar-refractivity contribution in [1.82, 2.24) is 0 Å². The van der Waals surface area contributed by atoms with Gasteiger partial charge in [-0.05, 0) is 46.6 Å². The Hall–Kier alpha value is -1.40. The van der Waals surface area contributed by atoms with Crippen LogP contribution in [0.5, 0.6) is 0 Å². The Balaban J connectivity index is 2.25. The number of anilines is 1. The molecule has 1 unspecified atom stereocenters. The second kappa shape index (κ2) is 5.71. The predicted molar refractivity (Wildman–Crippen MR) is 75.0 cm³/mol. The molecule has 1 aromatic carbocycles. The van der Waals surface area contributed by atoms with Crippen molar-refractivity contribution >= 4 is 33.5 Å². The van der Waals surface area contributed by atoms with Crippen LogP contribution < -0.4 is 10.6 Å². The zero-order valence-electron chi connectivity index (χ0n) is 10.6. The molecule has 5 nitrogen and oxygen atoms in total. The molecule has 1 saturated heterocycles. The number of hydrogen-bond donors (Lipinski definition) is 1. The van der Waals surface area contributed by atoms with Gasteiger partial charge in [0.05, 0.1) is 12.7 Å². The molecule has 2 N–H and O–H groups in total. The molecule has 19 heavy (non-hydrogen) atoms.